The number of rotatable bonds is 8. The molecule has 57 heavy (non-hydrogen) atoms. The van der Waals surface area contributed by atoms with Crippen molar-refractivity contribution in [3.05, 3.63) is 156 Å². The molecule has 0 bridgehead atoms. The summed E-state index contributed by atoms with van der Waals surface area (Å²) < 4.78 is 12.1. The predicted molar refractivity (Wildman–Crippen MR) is 231 cm³/mol. The van der Waals surface area contributed by atoms with Crippen molar-refractivity contribution >= 4 is 21.5 Å². The van der Waals surface area contributed by atoms with E-state index in [9.17, 15) is 0 Å². The third-order valence-electron chi connectivity index (χ3n) is 10.5. The molecule has 0 aliphatic heterocycles. The second kappa shape index (κ2) is 19.3. The standard InChI is InChI=1S/2C26H27O.2ClH.Zr/c2*1-5-7-22-14-15-25(27-22)20-16-19-8-6-9-23(24(19)17-20)18-10-12-21(13-11-18)26(2,3)4;;;/h2*6,8-17H,5,7H2,1-4H3;2*1H;/q2*-1;;;+4/p-2. The summed E-state index contributed by atoms with van der Waals surface area (Å²) in [5.41, 5.74) is 10.5. The van der Waals surface area contributed by atoms with Crippen molar-refractivity contribution in [2.24, 2.45) is 0 Å². The first-order valence-electron chi connectivity index (χ1n) is 19.7. The summed E-state index contributed by atoms with van der Waals surface area (Å²) in [5.74, 6) is 4.05. The predicted octanol–water partition coefficient (Wildman–Crippen LogP) is 9.48. The van der Waals surface area contributed by atoms with Crippen molar-refractivity contribution in [1.82, 2.24) is 0 Å². The summed E-state index contributed by atoms with van der Waals surface area (Å²) in [7, 11) is 0. The van der Waals surface area contributed by atoms with Crippen LogP contribution in [-0.4, -0.2) is 0 Å². The number of hydrogen-bond donors (Lipinski definition) is 0. The SMILES string of the molecule is CCCc1ccc(-c2cc3c(-c4ccc(C(C)(C)C)cc4)cccc3[cH-]2)o1.CCCc1ccc(-c2cc3c(-c4ccc(C(C)(C)C)cc4)cccc3[cH-]2)o1.[Cl-].[Cl-].[Zr+4]. The molecule has 0 N–H and O–H groups in total. The molecule has 2 heterocycles. The topological polar surface area (TPSA) is 26.3 Å². The zero-order valence-corrected chi connectivity index (χ0v) is 38.6. The van der Waals surface area contributed by atoms with Gasteiger partial charge < -0.3 is 33.6 Å². The summed E-state index contributed by atoms with van der Waals surface area (Å²) in [5, 5.41) is 5.08. The van der Waals surface area contributed by atoms with Gasteiger partial charge in [0.15, 0.2) is 0 Å². The maximum absolute atomic E-state index is 6.04. The van der Waals surface area contributed by atoms with E-state index < -0.39 is 0 Å². The van der Waals surface area contributed by atoms with Crippen LogP contribution >= 0.6 is 0 Å². The van der Waals surface area contributed by atoms with Gasteiger partial charge in [-0.3, -0.25) is 0 Å². The van der Waals surface area contributed by atoms with Crippen LogP contribution < -0.4 is 24.8 Å². The summed E-state index contributed by atoms with van der Waals surface area (Å²) in [6, 6.07) is 48.4. The van der Waals surface area contributed by atoms with Crippen molar-refractivity contribution in [2.75, 3.05) is 0 Å². The second-order valence-corrected chi connectivity index (χ2v) is 16.8. The third-order valence-corrected chi connectivity index (χ3v) is 10.5. The molecule has 0 atom stereocenters. The molecule has 2 nitrogen and oxygen atoms in total. The number of aryl methyl sites for hydroxylation is 2. The van der Waals surface area contributed by atoms with Gasteiger partial charge in [0, 0.05) is 12.8 Å². The van der Waals surface area contributed by atoms with Crippen molar-refractivity contribution < 1.29 is 59.9 Å². The molecular formula is C52H54Cl2O2Zr. The molecule has 5 heteroatoms. The van der Waals surface area contributed by atoms with Gasteiger partial charge in [0.05, 0.1) is 23.0 Å². The van der Waals surface area contributed by atoms with Crippen molar-refractivity contribution in [2.45, 2.75) is 91.9 Å². The smallest absolute Gasteiger partial charge is 1.00 e. The molecule has 8 rings (SSSR count). The molecule has 0 aliphatic carbocycles. The van der Waals surface area contributed by atoms with Crippen molar-refractivity contribution in [1.29, 1.82) is 0 Å². The van der Waals surface area contributed by atoms with Crippen LogP contribution in [0.15, 0.2) is 142 Å². The Balaban J connectivity index is 0.000000240. The maximum atomic E-state index is 6.04. The molecule has 0 spiro atoms. The normalized spacial score (nSPS) is 11.4. The van der Waals surface area contributed by atoms with E-state index in [0.29, 0.717) is 0 Å². The molecular weight excluding hydrogens is 819 g/mol. The van der Waals surface area contributed by atoms with E-state index in [2.05, 4.69) is 189 Å². The van der Waals surface area contributed by atoms with Crippen molar-refractivity contribution in [3.8, 4) is 44.9 Å². The van der Waals surface area contributed by atoms with E-state index >= 15 is 0 Å². The monoisotopic (exact) mass is 870 g/mol. The molecule has 292 valence electrons. The minimum atomic E-state index is 0. The molecule has 0 amide bonds. The number of benzene rings is 4. The van der Waals surface area contributed by atoms with Gasteiger partial charge in [-0.05, 0) is 70.2 Å². The van der Waals surface area contributed by atoms with Crippen LogP contribution in [-0.2, 0) is 49.9 Å². The summed E-state index contributed by atoms with van der Waals surface area (Å²) in [4.78, 5) is 0. The van der Waals surface area contributed by atoms with Crippen LogP contribution in [0.3, 0.4) is 0 Å². The van der Waals surface area contributed by atoms with Crippen LogP contribution in [0.5, 0.6) is 0 Å². The van der Waals surface area contributed by atoms with Crippen LogP contribution in [0.2, 0.25) is 0 Å². The van der Waals surface area contributed by atoms with Crippen LogP contribution in [0.4, 0.5) is 0 Å². The Bertz CT molecular complexity index is 2300. The quantitative estimate of drug-likeness (QED) is 0.142. The maximum Gasteiger partial charge on any atom is 4.00 e. The van der Waals surface area contributed by atoms with Gasteiger partial charge in [-0.15, -0.1) is 57.9 Å². The molecule has 0 unspecified atom stereocenters. The first-order valence-corrected chi connectivity index (χ1v) is 19.7. The van der Waals surface area contributed by atoms with E-state index in [4.69, 9.17) is 8.83 Å². The second-order valence-electron chi connectivity index (χ2n) is 16.8. The fourth-order valence-corrected chi connectivity index (χ4v) is 7.38. The molecule has 0 saturated carbocycles. The fourth-order valence-electron chi connectivity index (χ4n) is 7.38. The van der Waals surface area contributed by atoms with E-state index in [1.807, 2.05) is 0 Å². The zero-order valence-electron chi connectivity index (χ0n) is 34.6. The average molecular weight is 873 g/mol. The van der Waals surface area contributed by atoms with Gasteiger partial charge >= 0.3 is 26.2 Å². The molecule has 6 aromatic carbocycles. The van der Waals surface area contributed by atoms with Crippen molar-refractivity contribution in [3.63, 3.8) is 0 Å². The Hall–Kier alpha value is -3.88. The first-order chi connectivity index (χ1) is 25.9. The Labute approximate surface area is 371 Å². The summed E-state index contributed by atoms with van der Waals surface area (Å²) in [6.45, 7) is 17.9. The Morgan fingerprint density at radius 3 is 1.18 bits per heavy atom. The van der Waals surface area contributed by atoms with E-state index in [-0.39, 0.29) is 61.8 Å². The number of furan rings is 2. The average Bonchev–Trinajstić information content (AvgIpc) is 3.97. The summed E-state index contributed by atoms with van der Waals surface area (Å²) in [6.07, 6.45) is 4.19. The minimum absolute atomic E-state index is 0. The molecule has 0 radical (unpaired) electrons. The summed E-state index contributed by atoms with van der Waals surface area (Å²) >= 11 is 0. The van der Waals surface area contributed by atoms with Gasteiger partial charge in [0.1, 0.15) is 0 Å². The van der Waals surface area contributed by atoms with E-state index in [1.165, 1.54) is 54.9 Å². The molecule has 0 fully saturated rings. The molecule has 8 aromatic rings. The van der Waals surface area contributed by atoms with E-state index in [1.54, 1.807) is 0 Å². The van der Waals surface area contributed by atoms with Gasteiger partial charge in [-0.1, -0.05) is 150 Å². The largest absolute Gasteiger partial charge is 4.00 e. The Morgan fingerprint density at radius 1 is 0.474 bits per heavy atom. The Morgan fingerprint density at radius 2 is 0.842 bits per heavy atom. The first kappa shape index (κ1) is 45.8. The third kappa shape index (κ3) is 10.4. The van der Waals surface area contributed by atoms with Gasteiger partial charge in [-0.25, -0.2) is 0 Å². The Kier molecular flexibility index (Phi) is 15.5. The zero-order chi connectivity index (χ0) is 38.0. The van der Waals surface area contributed by atoms with Gasteiger partial charge in [0.25, 0.3) is 0 Å². The minimum Gasteiger partial charge on any atom is -1.00 e. The van der Waals surface area contributed by atoms with Gasteiger partial charge in [-0.2, -0.15) is 0 Å². The number of fused-ring (bicyclic) bond motifs is 2. The van der Waals surface area contributed by atoms with Gasteiger partial charge in [0.2, 0.25) is 0 Å². The molecule has 0 saturated heterocycles. The number of hydrogen-bond acceptors (Lipinski definition) is 2. The van der Waals surface area contributed by atoms with E-state index in [0.717, 1.165) is 59.9 Å². The molecule has 0 aliphatic rings. The van der Waals surface area contributed by atoms with Crippen LogP contribution in [0, 0.1) is 0 Å². The van der Waals surface area contributed by atoms with Crippen LogP contribution in [0.25, 0.3) is 66.4 Å². The van der Waals surface area contributed by atoms with Crippen LogP contribution in [0.1, 0.15) is 90.9 Å². The molecule has 2 aromatic heterocycles. The number of halogens is 2. The fraction of sp³-hybridized carbons (Fsp3) is 0.269.